The van der Waals surface area contributed by atoms with Gasteiger partial charge in [0, 0.05) is 38.7 Å². The van der Waals surface area contributed by atoms with Gasteiger partial charge in [-0.05, 0) is 116 Å². The Morgan fingerprint density at radius 1 is 0.315 bits per heavy atom. The fourth-order valence-electron chi connectivity index (χ4n) is 8.75. The molecule has 3 aromatic heterocycles. The molecule has 3 heteroatoms. The SMILES string of the molecule is c1ccc2c(c1)-c1cc(-c3ccc4oc5ccccc5c4c3)ccc1-c1ccc(-c3ccc4oc5ccccc5c4c3)cc1-c1ccc3cccnc3c1-2. The van der Waals surface area contributed by atoms with Crippen LogP contribution in [0.2, 0.25) is 0 Å². The summed E-state index contributed by atoms with van der Waals surface area (Å²) in [5, 5.41) is 5.63. The van der Waals surface area contributed by atoms with Gasteiger partial charge in [-0.15, -0.1) is 0 Å². The van der Waals surface area contributed by atoms with Crippen molar-refractivity contribution < 1.29 is 8.83 Å². The molecule has 0 saturated heterocycles. The average molecular weight is 688 g/mol. The summed E-state index contributed by atoms with van der Waals surface area (Å²) in [6, 6.07) is 61.0. The monoisotopic (exact) mass is 687 g/mol. The van der Waals surface area contributed by atoms with Crippen molar-refractivity contribution in [1.29, 1.82) is 0 Å². The molecular formula is C51H29NO2. The van der Waals surface area contributed by atoms with E-state index in [9.17, 15) is 0 Å². The Morgan fingerprint density at radius 2 is 0.796 bits per heavy atom. The van der Waals surface area contributed by atoms with E-state index < -0.39 is 0 Å². The molecule has 0 fully saturated rings. The topological polar surface area (TPSA) is 39.2 Å². The largest absolute Gasteiger partial charge is 0.456 e. The summed E-state index contributed by atoms with van der Waals surface area (Å²) in [5.41, 5.74) is 18.7. The summed E-state index contributed by atoms with van der Waals surface area (Å²) in [5.74, 6) is 0. The number of fused-ring (bicyclic) bond motifs is 16. The predicted octanol–water partition coefficient (Wildman–Crippen LogP) is 14.3. The molecule has 1 aliphatic carbocycles. The van der Waals surface area contributed by atoms with E-state index in [-0.39, 0.29) is 0 Å². The molecule has 0 radical (unpaired) electrons. The lowest BCUT2D eigenvalue weighted by molar-refractivity contribution is 0.668. The minimum Gasteiger partial charge on any atom is -0.456 e. The lowest BCUT2D eigenvalue weighted by Crippen LogP contribution is -1.99. The van der Waals surface area contributed by atoms with Crippen LogP contribution >= 0.6 is 0 Å². The number of benzene rings is 8. The molecule has 11 aromatic rings. The minimum atomic E-state index is 0.899. The first-order valence-corrected chi connectivity index (χ1v) is 18.3. The van der Waals surface area contributed by atoms with Crippen LogP contribution in [0.1, 0.15) is 0 Å². The van der Waals surface area contributed by atoms with Gasteiger partial charge >= 0.3 is 0 Å². The smallest absolute Gasteiger partial charge is 0.135 e. The normalized spacial score (nSPS) is 12.1. The molecule has 3 nitrogen and oxygen atoms in total. The standard InChI is InChI=1S/C51H29NO2/c1-2-12-40-35(9-1)42-26-31(33-18-23-48-44(28-33)38-10-3-5-13-46(38)53-48)16-20-36(42)37-21-17-32(27-43(37)41-22-15-30-8-7-25-52-51(30)50(40)41)34-19-24-49-45(29-34)39-11-4-6-14-47(39)54-49/h1-29H. The Hall–Kier alpha value is -7.23. The first-order chi connectivity index (χ1) is 26.7. The van der Waals surface area contributed by atoms with Gasteiger partial charge in [0.1, 0.15) is 22.3 Å². The van der Waals surface area contributed by atoms with Crippen LogP contribution in [-0.2, 0) is 0 Å². The molecule has 0 N–H and O–H groups in total. The van der Waals surface area contributed by atoms with Crippen molar-refractivity contribution in [2.24, 2.45) is 0 Å². The minimum absolute atomic E-state index is 0.899. The van der Waals surface area contributed by atoms with Gasteiger partial charge in [-0.1, -0.05) is 115 Å². The van der Waals surface area contributed by atoms with Crippen molar-refractivity contribution in [3.63, 3.8) is 0 Å². The molecule has 8 aromatic carbocycles. The average Bonchev–Trinajstić information content (AvgIpc) is 3.80. The van der Waals surface area contributed by atoms with Gasteiger partial charge in [0.05, 0.1) is 5.52 Å². The highest BCUT2D eigenvalue weighted by atomic mass is 16.3. The Morgan fingerprint density at radius 3 is 1.44 bits per heavy atom. The predicted molar refractivity (Wildman–Crippen MR) is 222 cm³/mol. The van der Waals surface area contributed by atoms with Crippen molar-refractivity contribution >= 4 is 54.8 Å². The van der Waals surface area contributed by atoms with E-state index in [1.54, 1.807) is 0 Å². The van der Waals surface area contributed by atoms with Gasteiger partial charge in [-0.2, -0.15) is 0 Å². The van der Waals surface area contributed by atoms with Crippen molar-refractivity contribution in [3.05, 3.63) is 176 Å². The van der Waals surface area contributed by atoms with E-state index in [1.807, 2.05) is 36.5 Å². The van der Waals surface area contributed by atoms with E-state index in [2.05, 4.69) is 140 Å². The molecular weight excluding hydrogens is 659 g/mol. The third kappa shape index (κ3) is 4.27. The zero-order chi connectivity index (χ0) is 35.3. The van der Waals surface area contributed by atoms with E-state index in [0.29, 0.717) is 0 Å². The van der Waals surface area contributed by atoms with Gasteiger partial charge in [-0.3, -0.25) is 4.98 Å². The second-order valence-electron chi connectivity index (χ2n) is 14.2. The van der Waals surface area contributed by atoms with Crippen LogP contribution < -0.4 is 0 Å². The lowest BCUT2D eigenvalue weighted by Gasteiger charge is -2.25. The molecule has 1 aliphatic rings. The number of aromatic nitrogens is 1. The summed E-state index contributed by atoms with van der Waals surface area (Å²) in [7, 11) is 0. The Labute approximate surface area is 310 Å². The number of rotatable bonds is 2. The maximum atomic E-state index is 6.19. The van der Waals surface area contributed by atoms with Crippen LogP contribution in [0.25, 0.3) is 122 Å². The third-order valence-electron chi connectivity index (χ3n) is 11.3. The molecule has 250 valence electrons. The molecule has 3 heterocycles. The molecule has 12 rings (SSSR count). The van der Waals surface area contributed by atoms with Gasteiger partial charge in [-0.25, -0.2) is 0 Å². The number of hydrogen-bond donors (Lipinski definition) is 0. The first-order valence-electron chi connectivity index (χ1n) is 18.3. The van der Waals surface area contributed by atoms with Crippen LogP contribution in [0.15, 0.2) is 185 Å². The summed E-state index contributed by atoms with van der Waals surface area (Å²) >= 11 is 0. The fourth-order valence-corrected chi connectivity index (χ4v) is 8.75. The molecule has 0 spiro atoms. The van der Waals surface area contributed by atoms with Crippen LogP contribution in [-0.4, -0.2) is 4.98 Å². The zero-order valence-corrected chi connectivity index (χ0v) is 29.0. The summed E-state index contributed by atoms with van der Waals surface area (Å²) in [6.45, 7) is 0. The molecule has 0 saturated carbocycles. The number of para-hydroxylation sites is 2. The highest BCUT2D eigenvalue weighted by molar-refractivity contribution is 6.12. The lowest BCUT2D eigenvalue weighted by atomic mass is 9.78. The van der Waals surface area contributed by atoms with Gasteiger partial charge in [0.15, 0.2) is 0 Å². The fraction of sp³-hybridized carbons (Fsp3) is 0. The van der Waals surface area contributed by atoms with E-state index in [0.717, 1.165) is 82.6 Å². The van der Waals surface area contributed by atoms with Crippen LogP contribution in [0.3, 0.4) is 0 Å². The number of furan rings is 2. The van der Waals surface area contributed by atoms with Crippen molar-refractivity contribution in [3.8, 4) is 66.8 Å². The van der Waals surface area contributed by atoms with E-state index in [4.69, 9.17) is 13.8 Å². The highest BCUT2D eigenvalue weighted by Gasteiger charge is 2.25. The quantitative estimate of drug-likeness (QED) is 0.182. The van der Waals surface area contributed by atoms with Crippen LogP contribution in [0.4, 0.5) is 0 Å². The van der Waals surface area contributed by atoms with E-state index in [1.165, 1.54) is 38.9 Å². The molecule has 0 bridgehead atoms. The molecule has 0 unspecified atom stereocenters. The van der Waals surface area contributed by atoms with Gasteiger partial charge in [0.25, 0.3) is 0 Å². The van der Waals surface area contributed by atoms with Gasteiger partial charge in [0.2, 0.25) is 0 Å². The second kappa shape index (κ2) is 11.1. The highest BCUT2D eigenvalue weighted by Crippen LogP contribution is 2.51. The maximum Gasteiger partial charge on any atom is 0.135 e. The van der Waals surface area contributed by atoms with E-state index >= 15 is 0 Å². The Balaban J connectivity index is 1.12. The summed E-state index contributed by atoms with van der Waals surface area (Å²) in [4.78, 5) is 5.03. The number of pyridine rings is 1. The molecule has 54 heavy (non-hydrogen) atoms. The number of nitrogens with zero attached hydrogens (tertiary/aromatic N) is 1. The van der Waals surface area contributed by atoms with Crippen LogP contribution in [0.5, 0.6) is 0 Å². The molecule has 0 atom stereocenters. The van der Waals surface area contributed by atoms with Crippen molar-refractivity contribution in [2.75, 3.05) is 0 Å². The molecule has 0 amide bonds. The van der Waals surface area contributed by atoms with Crippen LogP contribution in [0, 0.1) is 0 Å². The molecule has 0 aliphatic heterocycles. The summed E-state index contributed by atoms with van der Waals surface area (Å²) in [6.07, 6.45) is 1.91. The zero-order valence-electron chi connectivity index (χ0n) is 29.0. The summed E-state index contributed by atoms with van der Waals surface area (Å²) < 4.78 is 12.4. The Kier molecular flexibility index (Phi) is 6.05. The van der Waals surface area contributed by atoms with Gasteiger partial charge < -0.3 is 8.83 Å². The second-order valence-corrected chi connectivity index (χ2v) is 14.2. The number of hydrogen-bond acceptors (Lipinski definition) is 3. The first kappa shape index (κ1) is 29.4. The maximum absolute atomic E-state index is 6.19. The Bertz CT molecular complexity index is 3340. The third-order valence-corrected chi connectivity index (χ3v) is 11.3. The van der Waals surface area contributed by atoms with Crippen molar-refractivity contribution in [2.45, 2.75) is 0 Å². The van der Waals surface area contributed by atoms with Crippen molar-refractivity contribution in [1.82, 2.24) is 4.98 Å².